The maximum atomic E-state index is 12.2. The Morgan fingerprint density at radius 1 is 1.07 bits per heavy atom. The van der Waals surface area contributed by atoms with Crippen LogP contribution in [0.4, 0.5) is 5.69 Å². The summed E-state index contributed by atoms with van der Waals surface area (Å²) in [6.45, 7) is 4.72. The standard InChI is InChI=1S/C21H22N2O4S2/c1-15-5-10-19(16(2)14-15)27-12-11-22-21(24)17-6-8-18(9-7-17)23-29(25,26)20-4-3-13-28-20/h3-10,13-14,23H,11-12H2,1-2H3,(H,22,24). The van der Waals surface area contributed by atoms with Crippen LogP contribution in [0.2, 0.25) is 0 Å². The Hall–Kier alpha value is -2.84. The highest BCUT2D eigenvalue weighted by atomic mass is 32.2. The molecule has 0 saturated carbocycles. The maximum Gasteiger partial charge on any atom is 0.271 e. The van der Waals surface area contributed by atoms with Gasteiger partial charge in [-0.25, -0.2) is 8.42 Å². The molecular weight excluding hydrogens is 408 g/mol. The Morgan fingerprint density at radius 2 is 1.83 bits per heavy atom. The van der Waals surface area contributed by atoms with E-state index in [-0.39, 0.29) is 10.1 Å². The predicted molar refractivity (Wildman–Crippen MR) is 115 cm³/mol. The number of hydrogen-bond donors (Lipinski definition) is 2. The quantitative estimate of drug-likeness (QED) is 0.530. The van der Waals surface area contributed by atoms with Gasteiger partial charge in [0.2, 0.25) is 0 Å². The van der Waals surface area contributed by atoms with Crippen LogP contribution in [0.3, 0.4) is 0 Å². The molecule has 0 atom stereocenters. The average molecular weight is 431 g/mol. The van der Waals surface area contributed by atoms with Crippen LogP contribution in [-0.2, 0) is 10.0 Å². The fraction of sp³-hybridized carbons (Fsp3) is 0.190. The molecule has 1 amide bonds. The monoisotopic (exact) mass is 430 g/mol. The van der Waals surface area contributed by atoms with E-state index in [0.717, 1.165) is 22.6 Å². The molecule has 2 N–H and O–H groups in total. The molecule has 0 fully saturated rings. The van der Waals surface area contributed by atoms with Crippen LogP contribution in [-0.4, -0.2) is 27.5 Å². The molecule has 2 aromatic carbocycles. The Balaban J connectivity index is 1.50. The van der Waals surface area contributed by atoms with E-state index in [9.17, 15) is 13.2 Å². The van der Waals surface area contributed by atoms with Crippen molar-refractivity contribution in [2.45, 2.75) is 18.1 Å². The molecule has 0 saturated heterocycles. The number of sulfonamides is 1. The van der Waals surface area contributed by atoms with E-state index in [1.807, 2.05) is 32.0 Å². The number of amides is 1. The zero-order chi connectivity index (χ0) is 20.9. The molecule has 3 rings (SSSR count). The van der Waals surface area contributed by atoms with Crippen molar-refractivity contribution in [2.24, 2.45) is 0 Å². The van der Waals surface area contributed by atoms with Crippen molar-refractivity contribution in [3.63, 3.8) is 0 Å². The first-order valence-corrected chi connectivity index (χ1v) is 11.4. The molecule has 152 valence electrons. The van der Waals surface area contributed by atoms with Gasteiger partial charge in [-0.2, -0.15) is 0 Å². The van der Waals surface area contributed by atoms with Gasteiger partial charge in [0.15, 0.2) is 0 Å². The normalized spacial score (nSPS) is 11.1. The number of ether oxygens (including phenoxy) is 1. The fourth-order valence-corrected chi connectivity index (χ4v) is 4.75. The number of hydrogen-bond acceptors (Lipinski definition) is 5. The van der Waals surface area contributed by atoms with Crippen LogP contribution in [0.25, 0.3) is 0 Å². The minimum absolute atomic E-state index is 0.239. The molecule has 1 heterocycles. The van der Waals surface area contributed by atoms with Gasteiger partial charge < -0.3 is 10.1 Å². The number of rotatable bonds is 8. The van der Waals surface area contributed by atoms with Crippen LogP contribution in [0.15, 0.2) is 64.2 Å². The summed E-state index contributed by atoms with van der Waals surface area (Å²) in [5, 5.41) is 4.49. The number of anilines is 1. The Labute approximate surface area is 174 Å². The average Bonchev–Trinajstić information content (AvgIpc) is 3.22. The molecule has 0 spiro atoms. The summed E-state index contributed by atoms with van der Waals surface area (Å²) in [5.41, 5.74) is 3.06. The van der Waals surface area contributed by atoms with Crippen LogP contribution in [0.5, 0.6) is 5.75 Å². The lowest BCUT2D eigenvalue weighted by Crippen LogP contribution is -2.28. The van der Waals surface area contributed by atoms with Crippen molar-refractivity contribution in [2.75, 3.05) is 17.9 Å². The SMILES string of the molecule is Cc1ccc(OCCNC(=O)c2ccc(NS(=O)(=O)c3cccs3)cc2)c(C)c1. The summed E-state index contributed by atoms with van der Waals surface area (Å²) in [7, 11) is -3.60. The van der Waals surface area contributed by atoms with Gasteiger partial charge in [-0.3, -0.25) is 9.52 Å². The molecule has 0 bridgehead atoms. The zero-order valence-corrected chi connectivity index (χ0v) is 17.8. The largest absolute Gasteiger partial charge is 0.491 e. The first-order valence-electron chi connectivity index (χ1n) is 9.00. The third-order valence-corrected chi connectivity index (χ3v) is 6.91. The summed E-state index contributed by atoms with van der Waals surface area (Å²) in [6.07, 6.45) is 0. The third-order valence-electron chi connectivity index (χ3n) is 4.13. The number of carbonyl (C=O) groups is 1. The minimum Gasteiger partial charge on any atom is -0.491 e. The zero-order valence-electron chi connectivity index (χ0n) is 16.1. The van der Waals surface area contributed by atoms with Crippen molar-refractivity contribution >= 4 is 33.0 Å². The minimum atomic E-state index is -3.60. The lowest BCUT2D eigenvalue weighted by Gasteiger charge is -2.11. The van der Waals surface area contributed by atoms with E-state index < -0.39 is 10.0 Å². The van der Waals surface area contributed by atoms with Crippen molar-refractivity contribution in [1.29, 1.82) is 0 Å². The molecule has 0 aliphatic rings. The van der Waals surface area contributed by atoms with Gasteiger partial charge in [-0.1, -0.05) is 23.8 Å². The number of aryl methyl sites for hydroxylation is 2. The third kappa shape index (κ3) is 5.58. The highest BCUT2D eigenvalue weighted by Gasteiger charge is 2.15. The van der Waals surface area contributed by atoms with Crippen LogP contribution in [0.1, 0.15) is 21.5 Å². The molecule has 6 nitrogen and oxygen atoms in total. The maximum absolute atomic E-state index is 12.2. The highest BCUT2D eigenvalue weighted by Crippen LogP contribution is 2.21. The molecule has 3 aromatic rings. The van der Waals surface area contributed by atoms with Gasteiger partial charge in [0.1, 0.15) is 16.6 Å². The lowest BCUT2D eigenvalue weighted by atomic mass is 10.1. The summed E-state index contributed by atoms with van der Waals surface area (Å²) in [4.78, 5) is 12.2. The Morgan fingerprint density at radius 3 is 2.48 bits per heavy atom. The topological polar surface area (TPSA) is 84.5 Å². The second-order valence-electron chi connectivity index (χ2n) is 6.49. The molecule has 8 heteroatoms. The predicted octanol–water partition coefficient (Wildman–Crippen LogP) is 3.97. The molecule has 0 unspecified atom stereocenters. The van der Waals surface area contributed by atoms with E-state index in [1.165, 1.54) is 11.6 Å². The number of carbonyl (C=O) groups excluding carboxylic acids is 1. The van der Waals surface area contributed by atoms with Gasteiger partial charge >= 0.3 is 0 Å². The van der Waals surface area contributed by atoms with E-state index in [1.54, 1.807) is 35.7 Å². The molecule has 0 aliphatic carbocycles. The van der Waals surface area contributed by atoms with E-state index in [4.69, 9.17) is 4.74 Å². The van der Waals surface area contributed by atoms with Gasteiger partial charge in [-0.15, -0.1) is 11.3 Å². The van der Waals surface area contributed by atoms with Gasteiger partial charge in [0.05, 0.1) is 6.54 Å². The van der Waals surface area contributed by atoms with Crippen LogP contribution >= 0.6 is 11.3 Å². The summed E-state index contributed by atoms with van der Waals surface area (Å²) < 4.78 is 32.9. The summed E-state index contributed by atoms with van der Waals surface area (Å²) >= 11 is 1.14. The first-order chi connectivity index (χ1) is 13.8. The van der Waals surface area contributed by atoms with Gasteiger partial charge in [0.25, 0.3) is 15.9 Å². The second kappa shape index (κ2) is 9.11. The van der Waals surface area contributed by atoms with Gasteiger partial charge in [-0.05, 0) is 61.2 Å². The van der Waals surface area contributed by atoms with Crippen molar-refractivity contribution in [3.05, 3.63) is 76.7 Å². The Bertz CT molecular complexity index is 1080. The summed E-state index contributed by atoms with van der Waals surface area (Å²) in [6, 6.07) is 15.4. The Kier molecular flexibility index (Phi) is 6.56. The molecule has 0 aliphatic heterocycles. The number of benzene rings is 2. The van der Waals surface area contributed by atoms with Gasteiger partial charge in [0, 0.05) is 11.3 Å². The van der Waals surface area contributed by atoms with Crippen LogP contribution < -0.4 is 14.8 Å². The lowest BCUT2D eigenvalue weighted by molar-refractivity contribution is 0.0947. The van der Waals surface area contributed by atoms with Crippen molar-refractivity contribution in [3.8, 4) is 5.75 Å². The van der Waals surface area contributed by atoms with Crippen LogP contribution in [0, 0.1) is 13.8 Å². The van der Waals surface area contributed by atoms with E-state index >= 15 is 0 Å². The first kappa shape index (κ1) is 20.9. The summed E-state index contributed by atoms with van der Waals surface area (Å²) in [5.74, 6) is 0.550. The van der Waals surface area contributed by atoms with Crippen molar-refractivity contribution < 1.29 is 17.9 Å². The smallest absolute Gasteiger partial charge is 0.271 e. The highest BCUT2D eigenvalue weighted by molar-refractivity contribution is 7.94. The fourth-order valence-electron chi connectivity index (χ4n) is 2.70. The molecule has 1 aromatic heterocycles. The molecule has 29 heavy (non-hydrogen) atoms. The molecular formula is C21H22N2O4S2. The van der Waals surface area contributed by atoms with Crippen molar-refractivity contribution in [1.82, 2.24) is 5.32 Å². The number of nitrogens with one attached hydrogen (secondary N) is 2. The van der Waals surface area contributed by atoms with E-state index in [0.29, 0.717) is 24.4 Å². The second-order valence-corrected chi connectivity index (χ2v) is 9.35. The molecule has 0 radical (unpaired) electrons. The number of thiophene rings is 1. The van der Waals surface area contributed by atoms with E-state index in [2.05, 4.69) is 10.0 Å².